The van der Waals surface area contributed by atoms with Crippen LogP contribution in [0.25, 0.3) is 0 Å². The standard InChI is InChI=1S/C11H16N2O2/c1-8(14)7-13(3)11-10(9(2)15)5-4-6-12-11/h4-6,8,14H,7H2,1-3H3. The molecule has 15 heavy (non-hydrogen) atoms. The molecule has 0 aliphatic rings. The van der Waals surface area contributed by atoms with Crippen molar-refractivity contribution < 1.29 is 9.90 Å². The average Bonchev–Trinajstić information content (AvgIpc) is 2.16. The molecule has 0 aliphatic carbocycles. The van der Waals surface area contributed by atoms with Gasteiger partial charge >= 0.3 is 0 Å². The molecule has 0 radical (unpaired) electrons. The van der Waals surface area contributed by atoms with Crippen LogP contribution in [-0.4, -0.2) is 35.6 Å². The minimum absolute atomic E-state index is 0.0180. The van der Waals surface area contributed by atoms with Crippen molar-refractivity contribution in [1.29, 1.82) is 0 Å². The van der Waals surface area contributed by atoms with Gasteiger partial charge in [-0.2, -0.15) is 0 Å². The Morgan fingerprint density at radius 2 is 2.33 bits per heavy atom. The Balaban J connectivity index is 2.97. The zero-order valence-electron chi connectivity index (χ0n) is 9.27. The summed E-state index contributed by atoms with van der Waals surface area (Å²) in [4.78, 5) is 17.3. The van der Waals surface area contributed by atoms with E-state index in [-0.39, 0.29) is 5.78 Å². The maximum absolute atomic E-state index is 11.3. The average molecular weight is 208 g/mol. The fourth-order valence-corrected chi connectivity index (χ4v) is 1.46. The molecule has 1 heterocycles. The molecular formula is C11H16N2O2. The van der Waals surface area contributed by atoms with E-state index in [1.807, 2.05) is 7.05 Å². The van der Waals surface area contributed by atoms with Gasteiger partial charge in [-0.05, 0) is 26.0 Å². The highest BCUT2D eigenvalue weighted by molar-refractivity contribution is 5.98. The summed E-state index contributed by atoms with van der Waals surface area (Å²) in [5.41, 5.74) is 0.584. The van der Waals surface area contributed by atoms with Gasteiger partial charge in [-0.25, -0.2) is 4.98 Å². The first-order valence-electron chi connectivity index (χ1n) is 4.87. The number of rotatable bonds is 4. The zero-order chi connectivity index (χ0) is 11.4. The van der Waals surface area contributed by atoms with Gasteiger partial charge in [0.1, 0.15) is 5.82 Å². The minimum atomic E-state index is -0.447. The number of hydrogen-bond donors (Lipinski definition) is 1. The van der Waals surface area contributed by atoms with E-state index < -0.39 is 6.10 Å². The first-order chi connectivity index (χ1) is 7.02. The number of aliphatic hydroxyl groups is 1. The lowest BCUT2D eigenvalue weighted by atomic mass is 10.2. The molecule has 0 saturated heterocycles. The predicted molar refractivity (Wildman–Crippen MR) is 59.2 cm³/mol. The van der Waals surface area contributed by atoms with E-state index in [2.05, 4.69) is 4.98 Å². The van der Waals surface area contributed by atoms with Crippen molar-refractivity contribution in [1.82, 2.24) is 4.98 Å². The molecule has 0 bridgehead atoms. The summed E-state index contributed by atoms with van der Waals surface area (Å²) in [6.07, 6.45) is 1.19. The molecule has 1 N–H and O–H groups in total. The van der Waals surface area contributed by atoms with Crippen LogP contribution in [0.15, 0.2) is 18.3 Å². The summed E-state index contributed by atoms with van der Waals surface area (Å²) in [7, 11) is 1.81. The second-order valence-corrected chi connectivity index (χ2v) is 3.66. The molecule has 4 nitrogen and oxygen atoms in total. The fraction of sp³-hybridized carbons (Fsp3) is 0.455. The molecule has 1 aromatic heterocycles. The maximum Gasteiger partial charge on any atom is 0.163 e. The minimum Gasteiger partial charge on any atom is -0.392 e. The first-order valence-corrected chi connectivity index (χ1v) is 4.87. The molecule has 0 aliphatic heterocycles. The molecule has 1 atom stereocenters. The van der Waals surface area contributed by atoms with Crippen LogP contribution >= 0.6 is 0 Å². The van der Waals surface area contributed by atoms with Crippen LogP contribution in [0.4, 0.5) is 5.82 Å². The third kappa shape index (κ3) is 3.02. The Kier molecular flexibility index (Phi) is 3.80. The van der Waals surface area contributed by atoms with Gasteiger partial charge in [-0.1, -0.05) is 0 Å². The highest BCUT2D eigenvalue weighted by Gasteiger charge is 2.12. The molecule has 0 aromatic carbocycles. The summed E-state index contributed by atoms with van der Waals surface area (Å²) in [5, 5.41) is 9.26. The lowest BCUT2D eigenvalue weighted by molar-refractivity contribution is 0.101. The number of carbonyl (C=O) groups excluding carboxylic acids is 1. The molecule has 82 valence electrons. The summed E-state index contributed by atoms with van der Waals surface area (Å²) in [6.45, 7) is 3.67. The van der Waals surface area contributed by atoms with Gasteiger partial charge in [-0.3, -0.25) is 4.79 Å². The van der Waals surface area contributed by atoms with Crippen molar-refractivity contribution in [2.45, 2.75) is 20.0 Å². The van der Waals surface area contributed by atoms with Crippen molar-refractivity contribution in [3.63, 3.8) is 0 Å². The second-order valence-electron chi connectivity index (χ2n) is 3.66. The number of ketones is 1. The van der Waals surface area contributed by atoms with E-state index in [0.29, 0.717) is 17.9 Å². The Hall–Kier alpha value is -1.42. The van der Waals surface area contributed by atoms with E-state index >= 15 is 0 Å². The number of carbonyl (C=O) groups is 1. The smallest absolute Gasteiger partial charge is 0.163 e. The van der Waals surface area contributed by atoms with Crippen LogP contribution in [0, 0.1) is 0 Å². The number of hydrogen-bond acceptors (Lipinski definition) is 4. The number of likely N-dealkylation sites (N-methyl/N-ethyl adjacent to an activating group) is 1. The second kappa shape index (κ2) is 4.89. The number of nitrogens with zero attached hydrogens (tertiary/aromatic N) is 2. The fourth-order valence-electron chi connectivity index (χ4n) is 1.46. The van der Waals surface area contributed by atoms with Crippen LogP contribution in [0.2, 0.25) is 0 Å². The molecule has 0 amide bonds. The van der Waals surface area contributed by atoms with Crippen molar-refractivity contribution >= 4 is 11.6 Å². The largest absolute Gasteiger partial charge is 0.392 e. The predicted octanol–water partition coefficient (Wildman–Crippen LogP) is 1.10. The lowest BCUT2D eigenvalue weighted by Crippen LogP contribution is -2.28. The van der Waals surface area contributed by atoms with Gasteiger partial charge in [-0.15, -0.1) is 0 Å². The molecule has 4 heteroatoms. The van der Waals surface area contributed by atoms with Crippen LogP contribution in [0.5, 0.6) is 0 Å². The van der Waals surface area contributed by atoms with Crippen molar-refractivity contribution in [3.8, 4) is 0 Å². The number of aliphatic hydroxyl groups excluding tert-OH is 1. The molecule has 0 fully saturated rings. The van der Waals surface area contributed by atoms with Gasteiger partial charge in [0.25, 0.3) is 0 Å². The van der Waals surface area contributed by atoms with E-state index in [1.165, 1.54) is 6.92 Å². The summed E-state index contributed by atoms with van der Waals surface area (Å²) >= 11 is 0. The normalized spacial score (nSPS) is 12.3. The van der Waals surface area contributed by atoms with Crippen LogP contribution < -0.4 is 4.90 Å². The number of Topliss-reactive ketones (excluding diaryl/α,β-unsaturated/α-hetero) is 1. The lowest BCUT2D eigenvalue weighted by Gasteiger charge is -2.21. The quantitative estimate of drug-likeness (QED) is 0.753. The Morgan fingerprint density at radius 1 is 1.67 bits per heavy atom. The monoisotopic (exact) mass is 208 g/mol. The van der Waals surface area contributed by atoms with E-state index in [4.69, 9.17) is 0 Å². The number of pyridine rings is 1. The summed E-state index contributed by atoms with van der Waals surface area (Å²) < 4.78 is 0. The van der Waals surface area contributed by atoms with Gasteiger partial charge < -0.3 is 10.0 Å². The molecule has 1 aromatic rings. The van der Waals surface area contributed by atoms with Crippen molar-refractivity contribution in [2.24, 2.45) is 0 Å². The summed E-state index contributed by atoms with van der Waals surface area (Å²) in [6, 6.07) is 3.47. The SMILES string of the molecule is CC(=O)c1cccnc1N(C)CC(C)O. The third-order valence-corrected chi connectivity index (χ3v) is 2.07. The highest BCUT2D eigenvalue weighted by atomic mass is 16.3. The Labute approximate surface area is 89.6 Å². The van der Waals surface area contributed by atoms with Gasteiger partial charge in [0, 0.05) is 19.8 Å². The van der Waals surface area contributed by atoms with Gasteiger partial charge in [0.15, 0.2) is 5.78 Å². The zero-order valence-corrected chi connectivity index (χ0v) is 9.27. The highest BCUT2D eigenvalue weighted by Crippen LogP contribution is 2.16. The van der Waals surface area contributed by atoms with Crippen LogP contribution in [-0.2, 0) is 0 Å². The van der Waals surface area contributed by atoms with Crippen LogP contribution in [0.3, 0.4) is 0 Å². The van der Waals surface area contributed by atoms with E-state index in [0.717, 1.165) is 0 Å². The molecule has 0 saturated carbocycles. The molecular weight excluding hydrogens is 192 g/mol. The summed E-state index contributed by atoms with van der Waals surface area (Å²) in [5.74, 6) is 0.599. The van der Waals surface area contributed by atoms with E-state index in [1.54, 1.807) is 30.2 Å². The van der Waals surface area contributed by atoms with Gasteiger partial charge in [0.05, 0.1) is 11.7 Å². The first kappa shape index (κ1) is 11.7. The molecule has 0 spiro atoms. The topological polar surface area (TPSA) is 53.4 Å². The Morgan fingerprint density at radius 3 is 2.87 bits per heavy atom. The third-order valence-electron chi connectivity index (χ3n) is 2.07. The van der Waals surface area contributed by atoms with Crippen molar-refractivity contribution in [2.75, 3.05) is 18.5 Å². The Bertz CT molecular complexity index is 350. The number of aromatic nitrogens is 1. The molecule has 1 rings (SSSR count). The molecule has 1 unspecified atom stereocenters. The van der Waals surface area contributed by atoms with Gasteiger partial charge in [0.2, 0.25) is 0 Å². The van der Waals surface area contributed by atoms with E-state index in [9.17, 15) is 9.90 Å². The van der Waals surface area contributed by atoms with Crippen LogP contribution in [0.1, 0.15) is 24.2 Å². The maximum atomic E-state index is 11.3. The van der Waals surface area contributed by atoms with Crippen molar-refractivity contribution in [3.05, 3.63) is 23.9 Å². The number of anilines is 1.